The summed E-state index contributed by atoms with van der Waals surface area (Å²) in [4.78, 5) is 12.0. The number of nitrogens with one attached hydrogen (secondary N) is 1. The summed E-state index contributed by atoms with van der Waals surface area (Å²) in [5.41, 5.74) is 6.83. The smallest absolute Gasteiger partial charge is 0.253 e. The van der Waals surface area contributed by atoms with Gasteiger partial charge in [0.15, 0.2) is 0 Å². The van der Waals surface area contributed by atoms with Crippen LogP contribution in [0.1, 0.15) is 30.1 Å². The number of para-hydroxylation sites is 1. The van der Waals surface area contributed by atoms with Crippen LogP contribution in [-0.4, -0.2) is 24.7 Å². The first-order chi connectivity index (χ1) is 8.16. The molecule has 3 N–H and O–H groups in total. The number of nitrogen functional groups attached to an aromatic ring is 1. The van der Waals surface area contributed by atoms with Gasteiger partial charge in [0.25, 0.3) is 5.91 Å². The highest BCUT2D eigenvalue weighted by molar-refractivity contribution is 5.99. The van der Waals surface area contributed by atoms with Gasteiger partial charge in [-0.25, -0.2) is 0 Å². The maximum atomic E-state index is 12.0. The van der Waals surface area contributed by atoms with Gasteiger partial charge in [-0.2, -0.15) is 0 Å². The van der Waals surface area contributed by atoms with E-state index in [1.54, 1.807) is 12.1 Å². The van der Waals surface area contributed by atoms with Crippen LogP contribution in [0, 0.1) is 0 Å². The molecule has 1 heterocycles. The molecule has 0 spiro atoms. The Kier molecular flexibility index (Phi) is 3.64. The Labute approximate surface area is 101 Å². The van der Waals surface area contributed by atoms with Crippen molar-refractivity contribution in [3.8, 4) is 0 Å². The van der Waals surface area contributed by atoms with E-state index in [4.69, 9.17) is 10.5 Å². The van der Waals surface area contributed by atoms with Crippen molar-refractivity contribution in [1.29, 1.82) is 0 Å². The van der Waals surface area contributed by atoms with Crippen molar-refractivity contribution in [2.24, 2.45) is 0 Å². The molecule has 0 aliphatic carbocycles. The lowest BCUT2D eigenvalue weighted by atomic mass is 10.0. The number of anilines is 1. The van der Waals surface area contributed by atoms with E-state index in [1.165, 1.54) is 0 Å². The minimum absolute atomic E-state index is 0.0952. The Morgan fingerprint density at radius 1 is 1.47 bits per heavy atom. The standard InChI is InChI=1S/C13H18N2O2/c1-9-8-10(6-7-17-9)15-13(16)11-4-2-3-5-12(11)14/h2-5,9-10H,6-8,14H2,1H3,(H,15,16). The third-order valence-corrected chi connectivity index (χ3v) is 3.03. The fourth-order valence-electron chi connectivity index (χ4n) is 2.10. The third-order valence-electron chi connectivity index (χ3n) is 3.03. The van der Waals surface area contributed by atoms with Gasteiger partial charge in [0, 0.05) is 18.3 Å². The number of amides is 1. The largest absolute Gasteiger partial charge is 0.398 e. The van der Waals surface area contributed by atoms with E-state index in [1.807, 2.05) is 19.1 Å². The zero-order valence-electron chi connectivity index (χ0n) is 9.98. The minimum atomic E-state index is -0.0952. The van der Waals surface area contributed by atoms with Gasteiger partial charge >= 0.3 is 0 Å². The fourth-order valence-corrected chi connectivity index (χ4v) is 2.10. The Hall–Kier alpha value is -1.55. The second-order valence-electron chi connectivity index (χ2n) is 4.46. The van der Waals surface area contributed by atoms with Crippen LogP contribution >= 0.6 is 0 Å². The number of benzene rings is 1. The van der Waals surface area contributed by atoms with Crippen LogP contribution < -0.4 is 11.1 Å². The molecule has 4 nitrogen and oxygen atoms in total. The number of hydrogen-bond acceptors (Lipinski definition) is 3. The average Bonchev–Trinajstić information content (AvgIpc) is 2.29. The molecule has 4 heteroatoms. The van der Waals surface area contributed by atoms with Crippen molar-refractivity contribution in [2.45, 2.75) is 31.9 Å². The third kappa shape index (κ3) is 2.97. The van der Waals surface area contributed by atoms with Gasteiger partial charge in [0.05, 0.1) is 11.7 Å². The number of hydrogen-bond donors (Lipinski definition) is 2. The van der Waals surface area contributed by atoms with Gasteiger partial charge < -0.3 is 15.8 Å². The summed E-state index contributed by atoms with van der Waals surface area (Å²) in [6, 6.07) is 7.31. The normalized spacial score (nSPS) is 24.3. The van der Waals surface area contributed by atoms with Gasteiger partial charge in [0.2, 0.25) is 0 Å². The molecule has 17 heavy (non-hydrogen) atoms. The fraction of sp³-hybridized carbons (Fsp3) is 0.462. The predicted molar refractivity (Wildman–Crippen MR) is 66.8 cm³/mol. The molecule has 92 valence electrons. The zero-order chi connectivity index (χ0) is 12.3. The van der Waals surface area contributed by atoms with Gasteiger partial charge in [-0.3, -0.25) is 4.79 Å². The number of ether oxygens (including phenoxy) is 1. The quantitative estimate of drug-likeness (QED) is 0.763. The molecule has 0 saturated carbocycles. The van der Waals surface area contributed by atoms with E-state index in [9.17, 15) is 4.79 Å². The second kappa shape index (κ2) is 5.19. The SMILES string of the molecule is CC1CC(NC(=O)c2ccccc2N)CCO1. The van der Waals surface area contributed by atoms with E-state index in [2.05, 4.69) is 5.32 Å². The van der Waals surface area contributed by atoms with E-state index < -0.39 is 0 Å². The van der Waals surface area contributed by atoms with Gasteiger partial charge in [0.1, 0.15) is 0 Å². The molecule has 1 aliphatic rings. The molecule has 2 atom stereocenters. The molecule has 1 aromatic carbocycles. The van der Waals surface area contributed by atoms with Crippen molar-refractivity contribution in [1.82, 2.24) is 5.32 Å². The number of rotatable bonds is 2. The Balaban J connectivity index is 1.99. The topological polar surface area (TPSA) is 64.4 Å². The molecule has 1 saturated heterocycles. The highest BCUT2D eigenvalue weighted by Gasteiger charge is 2.21. The summed E-state index contributed by atoms with van der Waals surface area (Å²) in [5.74, 6) is -0.0952. The van der Waals surface area contributed by atoms with E-state index >= 15 is 0 Å². The summed E-state index contributed by atoms with van der Waals surface area (Å²) in [7, 11) is 0. The van der Waals surface area contributed by atoms with Crippen LogP contribution in [0.5, 0.6) is 0 Å². The van der Waals surface area contributed by atoms with Crippen molar-refractivity contribution < 1.29 is 9.53 Å². The van der Waals surface area contributed by atoms with Crippen LogP contribution in [0.2, 0.25) is 0 Å². The van der Waals surface area contributed by atoms with Gasteiger partial charge in [-0.1, -0.05) is 12.1 Å². The van der Waals surface area contributed by atoms with Crippen molar-refractivity contribution >= 4 is 11.6 Å². The van der Waals surface area contributed by atoms with Crippen molar-refractivity contribution in [2.75, 3.05) is 12.3 Å². The average molecular weight is 234 g/mol. The van der Waals surface area contributed by atoms with E-state index in [0.717, 1.165) is 12.8 Å². The first-order valence-electron chi connectivity index (χ1n) is 5.94. The van der Waals surface area contributed by atoms with Crippen molar-refractivity contribution in [3.05, 3.63) is 29.8 Å². The molecule has 1 aliphatic heterocycles. The van der Waals surface area contributed by atoms with Crippen LogP contribution in [0.25, 0.3) is 0 Å². The van der Waals surface area contributed by atoms with Crippen molar-refractivity contribution in [3.63, 3.8) is 0 Å². The Bertz CT molecular complexity index is 406. The van der Waals surface area contributed by atoms with Crippen LogP contribution in [0.3, 0.4) is 0 Å². The van der Waals surface area contributed by atoms with Crippen LogP contribution in [0.15, 0.2) is 24.3 Å². The van der Waals surface area contributed by atoms with Gasteiger partial charge in [-0.15, -0.1) is 0 Å². The first kappa shape index (κ1) is 11.9. The Morgan fingerprint density at radius 2 is 2.24 bits per heavy atom. The van der Waals surface area contributed by atoms with E-state index in [-0.39, 0.29) is 18.1 Å². The number of nitrogens with two attached hydrogens (primary N) is 1. The molecular formula is C13H18N2O2. The molecular weight excluding hydrogens is 216 g/mol. The molecule has 1 aromatic rings. The number of carbonyl (C=O) groups is 1. The molecule has 0 bridgehead atoms. The predicted octanol–water partition coefficient (Wildman–Crippen LogP) is 1.57. The van der Waals surface area contributed by atoms with Gasteiger partial charge in [-0.05, 0) is 31.9 Å². The maximum absolute atomic E-state index is 12.0. The lowest BCUT2D eigenvalue weighted by molar-refractivity contribution is 0.0137. The van der Waals surface area contributed by atoms with Crippen LogP contribution in [-0.2, 0) is 4.74 Å². The lowest BCUT2D eigenvalue weighted by Crippen LogP contribution is -2.41. The minimum Gasteiger partial charge on any atom is -0.398 e. The molecule has 0 aromatic heterocycles. The molecule has 1 amide bonds. The molecule has 2 unspecified atom stereocenters. The number of carbonyl (C=O) groups excluding carboxylic acids is 1. The Morgan fingerprint density at radius 3 is 2.94 bits per heavy atom. The monoisotopic (exact) mass is 234 g/mol. The highest BCUT2D eigenvalue weighted by Crippen LogP contribution is 2.15. The summed E-state index contributed by atoms with van der Waals surface area (Å²) < 4.78 is 5.44. The van der Waals surface area contributed by atoms with E-state index in [0.29, 0.717) is 17.9 Å². The molecule has 2 rings (SSSR count). The van der Waals surface area contributed by atoms with Crippen LogP contribution in [0.4, 0.5) is 5.69 Å². The molecule has 1 fully saturated rings. The summed E-state index contributed by atoms with van der Waals surface area (Å²) in [6.07, 6.45) is 1.93. The lowest BCUT2D eigenvalue weighted by Gasteiger charge is -2.28. The highest BCUT2D eigenvalue weighted by atomic mass is 16.5. The summed E-state index contributed by atoms with van der Waals surface area (Å²) in [6.45, 7) is 2.73. The first-order valence-corrected chi connectivity index (χ1v) is 5.94. The maximum Gasteiger partial charge on any atom is 0.253 e. The second-order valence-corrected chi connectivity index (χ2v) is 4.46. The molecule has 0 radical (unpaired) electrons. The zero-order valence-corrected chi connectivity index (χ0v) is 9.98. The summed E-state index contributed by atoms with van der Waals surface area (Å²) in [5, 5.41) is 3.01. The summed E-state index contributed by atoms with van der Waals surface area (Å²) >= 11 is 0.